The van der Waals surface area contributed by atoms with Gasteiger partial charge in [0.05, 0.1) is 0 Å². The van der Waals surface area contributed by atoms with Crippen molar-refractivity contribution in [3.8, 4) is 0 Å². The highest BCUT2D eigenvalue weighted by Gasteiger charge is 2.31. The first kappa shape index (κ1) is 11.3. The van der Waals surface area contributed by atoms with Gasteiger partial charge in [-0.15, -0.1) is 12.4 Å². The summed E-state index contributed by atoms with van der Waals surface area (Å²) in [5.74, 6) is 0. The summed E-state index contributed by atoms with van der Waals surface area (Å²) in [7, 11) is 0. The SMILES string of the molecule is C1CCC2(CC1)CCCNCC2.Cl. The predicted molar refractivity (Wildman–Crippen MR) is 59.5 cm³/mol. The molecule has 1 aliphatic heterocycles. The third-order valence-corrected chi connectivity index (χ3v) is 3.81. The van der Waals surface area contributed by atoms with E-state index in [1.54, 1.807) is 0 Å². The van der Waals surface area contributed by atoms with E-state index in [1.165, 1.54) is 64.5 Å². The Balaban J connectivity index is 0.000000845. The van der Waals surface area contributed by atoms with Crippen LogP contribution in [0, 0.1) is 5.41 Å². The zero-order chi connectivity index (χ0) is 8.28. The number of halogens is 1. The summed E-state index contributed by atoms with van der Waals surface area (Å²) in [5.41, 5.74) is 0.780. The molecule has 1 heterocycles. The van der Waals surface area contributed by atoms with Crippen LogP contribution >= 0.6 is 12.4 Å². The van der Waals surface area contributed by atoms with Crippen molar-refractivity contribution in [1.29, 1.82) is 0 Å². The predicted octanol–water partition coefficient (Wildman–Crippen LogP) is 3.13. The second kappa shape index (κ2) is 5.21. The first-order valence-corrected chi connectivity index (χ1v) is 5.62. The second-order valence-corrected chi connectivity index (χ2v) is 4.66. The molecule has 2 rings (SSSR count). The zero-order valence-electron chi connectivity index (χ0n) is 8.48. The minimum absolute atomic E-state index is 0. The van der Waals surface area contributed by atoms with Crippen LogP contribution in [-0.4, -0.2) is 13.1 Å². The van der Waals surface area contributed by atoms with Gasteiger partial charge in [0.15, 0.2) is 0 Å². The third kappa shape index (κ3) is 2.85. The maximum atomic E-state index is 3.52. The van der Waals surface area contributed by atoms with Gasteiger partial charge in [0.1, 0.15) is 0 Å². The lowest BCUT2D eigenvalue weighted by molar-refractivity contribution is 0.166. The fourth-order valence-corrected chi connectivity index (χ4v) is 2.99. The van der Waals surface area contributed by atoms with Crippen molar-refractivity contribution in [1.82, 2.24) is 5.32 Å². The molecule has 0 radical (unpaired) electrons. The van der Waals surface area contributed by atoms with Crippen molar-refractivity contribution >= 4 is 12.4 Å². The molecule has 1 saturated carbocycles. The molecule has 0 aromatic heterocycles. The summed E-state index contributed by atoms with van der Waals surface area (Å²) in [4.78, 5) is 0. The molecule has 1 spiro atoms. The summed E-state index contributed by atoms with van der Waals surface area (Å²) in [6.07, 6.45) is 11.9. The maximum absolute atomic E-state index is 3.52. The minimum atomic E-state index is 0. The largest absolute Gasteiger partial charge is 0.317 e. The van der Waals surface area contributed by atoms with Crippen molar-refractivity contribution < 1.29 is 0 Å². The topological polar surface area (TPSA) is 12.0 Å². The molecule has 0 unspecified atom stereocenters. The lowest BCUT2D eigenvalue weighted by atomic mass is 9.69. The van der Waals surface area contributed by atoms with Gasteiger partial charge in [0.25, 0.3) is 0 Å². The number of hydrogen-bond donors (Lipinski definition) is 1. The van der Waals surface area contributed by atoms with Gasteiger partial charge in [0, 0.05) is 0 Å². The van der Waals surface area contributed by atoms with E-state index in [1.807, 2.05) is 0 Å². The van der Waals surface area contributed by atoms with Crippen molar-refractivity contribution in [2.24, 2.45) is 5.41 Å². The molecule has 2 fully saturated rings. The molecule has 1 nitrogen and oxygen atoms in total. The lowest BCUT2D eigenvalue weighted by Gasteiger charge is -2.36. The third-order valence-electron chi connectivity index (χ3n) is 3.81. The van der Waals surface area contributed by atoms with Crippen LogP contribution in [0.25, 0.3) is 0 Å². The monoisotopic (exact) mass is 203 g/mol. The first-order valence-electron chi connectivity index (χ1n) is 5.62. The quantitative estimate of drug-likeness (QED) is 0.638. The van der Waals surface area contributed by atoms with E-state index in [2.05, 4.69) is 5.32 Å². The average molecular weight is 204 g/mol. The Morgan fingerprint density at radius 3 is 2.15 bits per heavy atom. The van der Waals surface area contributed by atoms with Crippen molar-refractivity contribution in [2.75, 3.05) is 13.1 Å². The van der Waals surface area contributed by atoms with Gasteiger partial charge in [-0.05, 0) is 50.6 Å². The normalized spacial score (nSPS) is 27.7. The van der Waals surface area contributed by atoms with Crippen molar-refractivity contribution in [3.63, 3.8) is 0 Å². The summed E-state index contributed by atoms with van der Waals surface area (Å²) < 4.78 is 0. The van der Waals surface area contributed by atoms with Crippen molar-refractivity contribution in [2.45, 2.75) is 51.4 Å². The molecule has 78 valence electrons. The molecule has 1 N–H and O–H groups in total. The maximum Gasteiger partial charge on any atom is -0.00436 e. The van der Waals surface area contributed by atoms with Gasteiger partial charge >= 0.3 is 0 Å². The van der Waals surface area contributed by atoms with Crippen LogP contribution < -0.4 is 5.32 Å². The van der Waals surface area contributed by atoms with Crippen LogP contribution in [0.2, 0.25) is 0 Å². The molecule has 13 heavy (non-hydrogen) atoms. The molecule has 0 aromatic carbocycles. The first-order chi connectivity index (χ1) is 5.91. The van der Waals surface area contributed by atoms with Gasteiger partial charge < -0.3 is 5.32 Å². The Kier molecular flexibility index (Phi) is 4.54. The minimum Gasteiger partial charge on any atom is -0.317 e. The molecular weight excluding hydrogens is 182 g/mol. The van der Waals surface area contributed by atoms with Gasteiger partial charge in [0.2, 0.25) is 0 Å². The molecule has 2 heteroatoms. The number of nitrogens with one attached hydrogen (secondary N) is 1. The van der Waals surface area contributed by atoms with Gasteiger partial charge in [-0.2, -0.15) is 0 Å². The Labute approximate surface area is 88.1 Å². The lowest BCUT2D eigenvalue weighted by Crippen LogP contribution is -2.25. The fourth-order valence-electron chi connectivity index (χ4n) is 2.99. The average Bonchev–Trinajstić information content (AvgIpc) is 2.33. The van der Waals surface area contributed by atoms with Crippen LogP contribution in [0.1, 0.15) is 51.4 Å². The van der Waals surface area contributed by atoms with Crippen LogP contribution in [0.4, 0.5) is 0 Å². The molecule has 0 aromatic rings. The summed E-state index contributed by atoms with van der Waals surface area (Å²) in [5, 5.41) is 3.52. The highest BCUT2D eigenvalue weighted by atomic mass is 35.5. The van der Waals surface area contributed by atoms with E-state index in [4.69, 9.17) is 0 Å². The van der Waals surface area contributed by atoms with Crippen LogP contribution in [0.5, 0.6) is 0 Å². The van der Waals surface area contributed by atoms with E-state index in [9.17, 15) is 0 Å². The van der Waals surface area contributed by atoms with Gasteiger partial charge in [-0.25, -0.2) is 0 Å². The second-order valence-electron chi connectivity index (χ2n) is 4.66. The molecule has 2 aliphatic rings. The molecular formula is C11H22ClN. The van der Waals surface area contributed by atoms with E-state index < -0.39 is 0 Å². The van der Waals surface area contributed by atoms with Gasteiger partial charge in [-0.1, -0.05) is 19.3 Å². The smallest absolute Gasteiger partial charge is 0.00436 e. The van der Waals surface area contributed by atoms with Crippen molar-refractivity contribution in [3.05, 3.63) is 0 Å². The molecule has 1 saturated heterocycles. The van der Waals surface area contributed by atoms with Crippen LogP contribution in [0.15, 0.2) is 0 Å². The molecule has 0 bridgehead atoms. The number of rotatable bonds is 0. The summed E-state index contributed by atoms with van der Waals surface area (Å²) >= 11 is 0. The van der Waals surface area contributed by atoms with E-state index in [-0.39, 0.29) is 12.4 Å². The Bertz CT molecular complexity index is 131. The molecule has 0 amide bonds. The number of hydrogen-bond acceptors (Lipinski definition) is 1. The van der Waals surface area contributed by atoms with Crippen LogP contribution in [0.3, 0.4) is 0 Å². The highest BCUT2D eigenvalue weighted by Crippen LogP contribution is 2.43. The summed E-state index contributed by atoms with van der Waals surface area (Å²) in [6, 6.07) is 0. The highest BCUT2D eigenvalue weighted by molar-refractivity contribution is 5.85. The molecule has 1 aliphatic carbocycles. The Hall–Kier alpha value is 0.250. The van der Waals surface area contributed by atoms with E-state index in [0.29, 0.717) is 0 Å². The standard InChI is InChI=1S/C11H21N.ClH/c1-2-5-11(6-3-1)7-4-9-12-10-8-11;/h12H,1-10H2;1H. The van der Waals surface area contributed by atoms with E-state index >= 15 is 0 Å². The van der Waals surface area contributed by atoms with Crippen LogP contribution in [-0.2, 0) is 0 Å². The van der Waals surface area contributed by atoms with Gasteiger partial charge in [-0.3, -0.25) is 0 Å². The fraction of sp³-hybridized carbons (Fsp3) is 1.00. The Morgan fingerprint density at radius 2 is 1.38 bits per heavy atom. The summed E-state index contributed by atoms with van der Waals surface area (Å²) in [6.45, 7) is 2.54. The Morgan fingerprint density at radius 1 is 0.692 bits per heavy atom. The molecule has 0 atom stereocenters. The zero-order valence-corrected chi connectivity index (χ0v) is 9.30. The van der Waals surface area contributed by atoms with E-state index in [0.717, 1.165) is 5.41 Å².